The highest BCUT2D eigenvalue weighted by Gasteiger charge is 2.34. The molecule has 1 aromatic carbocycles. The van der Waals surface area contributed by atoms with E-state index >= 15 is 0 Å². The number of amides is 1. The summed E-state index contributed by atoms with van der Waals surface area (Å²) in [5.41, 5.74) is 0.425. The molecule has 4 rings (SSSR count). The van der Waals surface area contributed by atoms with E-state index in [1.165, 1.54) is 36.1 Å². The molecule has 7 heteroatoms. The van der Waals surface area contributed by atoms with Gasteiger partial charge in [0, 0.05) is 31.7 Å². The Hall–Kier alpha value is -1.11. The van der Waals surface area contributed by atoms with Gasteiger partial charge in [0.1, 0.15) is 4.90 Å². The van der Waals surface area contributed by atoms with Crippen LogP contribution in [-0.2, 0) is 10.0 Å². The maximum Gasteiger partial charge on any atom is 0.253 e. The Bertz CT molecular complexity index is 836. The van der Waals surface area contributed by atoms with Crippen LogP contribution in [0.2, 0.25) is 5.02 Å². The fourth-order valence-corrected chi connectivity index (χ4v) is 7.06. The van der Waals surface area contributed by atoms with Gasteiger partial charge in [0.05, 0.1) is 5.02 Å². The quantitative estimate of drug-likeness (QED) is 0.731. The molecule has 0 aromatic heterocycles. The van der Waals surface area contributed by atoms with Crippen molar-refractivity contribution in [2.24, 2.45) is 11.8 Å². The van der Waals surface area contributed by atoms with E-state index in [1.807, 2.05) is 4.90 Å². The van der Waals surface area contributed by atoms with E-state index in [2.05, 4.69) is 0 Å². The van der Waals surface area contributed by atoms with Crippen LogP contribution in [0.5, 0.6) is 0 Å². The van der Waals surface area contributed by atoms with Crippen molar-refractivity contribution >= 4 is 27.5 Å². The third-order valence-electron chi connectivity index (χ3n) is 6.69. The molecule has 2 saturated heterocycles. The monoisotopic (exact) mass is 424 g/mol. The summed E-state index contributed by atoms with van der Waals surface area (Å²) in [7, 11) is -3.67. The van der Waals surface area contributed by atoms with Gasteiger partial charge in [0.15, 0.2) is 0 Å². The van der Waals surface area contributed by atoms with Crippen molar-refractivity contribution in [3.8, 4) is 0 Å². The molecule has 1 saturated carbocycles. The van der Waals surface area contributed by atoms with Gasteiger partial charge < -0.3 is 4.90 Å². The van der Waals surface area contributed by atoms with Gasteiger partial charge >= 0.3 is 0 Å². The number of hydrogen-bond donors (Lipinski definition) is 0. The molecule has 154 valence electrons. The highest BCUT2D eigenvalue weighted by atomic mass is 35.5. The normalized spacial score (nSPS) is 26.7. The van der Waals surface area contributed by atoms with Crippen LogP contribution in [0.1, 0.15) is 61.7 Å². The van der Waals surface area contributed by atoms with Gasteiger partial charge in [-0.3, -0.25) is 4.79 Å². The minimum absolute atomic E-state index is 0.0643. The van der Waals surface area contributed by atoms with E-state index in [-0.39, 0.29) is 15.8 Å². The van der Waals surface area contributed by atoms with Crippen molar-refractivity contribution < 1.29 is 13.2 Å². The zero-order valence-corrected chi connectivity index (χ0v) is 17.8. The highest BCUT2D eigenvalue weighted by Crippen LogP contribution is 2.36. The van der Waals surface area contributed by atoms with Crippen LogP contribution in [-0.4, -0.2) is 49.7 Å². The summed E-state index contributed by atoms with van der Waals surface area (Å²) < 4.78 is 27.6. The summed E-state index contributed by atoms with van der Waals surface area (Å²) in [5.74, 6) is 1.27. The summed E-state index contributed by atoms with van der Waals surface area (Å²) in [4.78, 5) is 15.1. The lowest BCUT2D eigenvalue weighted by atomic mass is 9.75. The molecule has 0 bridgehead atoms. The van der Waals surface area contributed by atoms with Gasteiger partial charge in [-0.25, -0.2) is 8.42 Å². The minimum atomic E-state index is -3.67. The van der Waals surface area contributed by atoms with Gasteiger partial charge in [-0.05, 0) is 55.7 Å². The topological polar surface area (TPSA) is 57.7 Å². The molecule has 1 amide bonds. The maximum absolute atomic E-state index is 13.1. The number of fused-ring (bicyclic) bond motifs is 1. The third-order valence-corrected chi connectivity index (χ3v) is 9.07. The number of piperidine rings is 2. The average Bonchev–Trinajstić information content (AvgIpc) is 2.73. The highest BCUT2D eigenvalue weighted by molar-refractivity contribution is 7.89. The first-order valence-corrected chi connectivity index (χ1v) is 12.4. The maximum atomic E-state index is 13.1. The lowest BCUT2D eigenvalue weighted by Crippen LogP contribution is -2.44. The lowest BCUT2D eigenvalue weighted by molar-refractivity contribution is 0.0520. The molecule has 1 aliphatic carbocycles. The minimum Gasteiger partial charge on any atom is -0.338 e. The van der Waals surface area contributed by atoms with E-state index in [9.17, 15) is 13.2 Å². The van der Waals surface area contributed by atoms with Gasteiger partial charge in [-0.15, -0.1) is 0 Å². The van der Waals surface area contributed by atoms with Crippen LogP contribution in [0.25, 0.3) is 0 Å². The summed E-state index contributed by atoms with van der Waals surface area (Å²) in [6.07, 6.45) is 8.89. The predicted molar refractivity (Wildman–Crippen MR) is 110 cm³/mol. The van der Waals surface area contributed by atoms with Crippen LogP contribution in [0.4, 0.5) is 0 Å². The Balaban J connectivity index is 1.55. The van der Waals surface area contributed by atoms with Gasteiger partial charge in [-0.2, -0.15) is 4.31 Å². The van der Waals surface area contributed by atoms with Crippen LogP contribution < -0.4 is 0 Å². The summed E-state index contributed by atoms with van der Waals surface area (Å²) in [5, 5.41) is 0.188. The van der Waals surface area contributed by atoms with E-state index in [0.29, 0.717) is 24.6 Å². The second kappa shape index (κ2) is 8.33. The number of sulfonamides is 1. The van der Waals surface area contributed by atoms with Crippen LogP contribution in [0.3, 0.4) is 0 Å². The molecule has 2 aliphatic heterocycles. The number of carbonyl (C=O) groups excluding carboxylic acids is 1. The van der Waals surface area contributed by atoms with Crippen molar-refractivity contribution in [2.45, 2.75) is 56.3 Å². The SMILES string of the molecule is O=C(c1ccc(Cl)c(S(=O)(=O)N2CCCCC2)c1)N1CC[C@@H]2CCCC[C@H]2C1. The average molecular weight is 425 g/mol. The summed E-state index contributed by atoms with van der Waals surface area (Å²) in [6.45, 7) is 2.59. The van der Waals surface area contributed by atoms with Crippen LogP contribution in [0, 0.1) is 11.8 Å². The van der Waals surface area contributed by atoms with E-state index in [1.54, 1.807) is 12.1 Å². The second-order valence-electron chi connectivity index (χ2n) is 8.45. The van der Waals surface area contributed by atoms with Gasteiger partial charge in [0.2, 0.25) is 10.0 Å². The van der Waals surface area contributed by atoms with Crippen molar-refractivity contribution in [1.82, 2.24) is 9.21 Å². The molecule has 1 aromatic rings. The molecule has 0 radical (unpaired) electrons. The Morgan fingerprint density at radius 2 is 1.64 bits per heavy atom. The second-order valence-corrected chi connectivity index (χ2v) is 10.8. The van der Waals surface area contributed by atoms with Crippen molar-refractivity contribution in [2.75, 3.05) is 26.2 Å². The zero-order valence-electron chi connectivity index (χ0n) is 16.3. The predicted octanol–water partition coefficient (Wildman–Crippen LogP) is 4.17. The largest absolute Gasteiger partial charge is 0.338 e. The lowest BCUT2D eigenvalue weighted by Gasteiger charge is -2.41. The van der Waals surface area contributed by atoms with E-state index < -0.39 is 10.0 Å². The fourth-order valence-electron chi connectivity index (χ4n) is 5.05. The van der Waals surface area contributed by atoms with Gasteiger partial charge in [0.25, 0.3) is 5.91 Å². The number of hydrogen-bond acceptors (Lipinski definition) is 3. The van der Waals surface area contributed by atoms with Crippen molar-refractivity contribution in [1.29, 1.82) is 0 Å². The zero-order chi connectivity index (χ0) is 19.7. The molecule has 2 heterocycles. The molecule has 0 unspecified atom stereocenters. The fraction of sp³-hybridized carbons (Fsp3) is 0.667. The number of carbonyl (C=O) groups is 1. The van der Waals surface area contributed by atoms with E-state index in [4.69, 9.17) is 11.6 Å². The Kier molecular flexibility index (Phi) is 6.00. The summed E-state index contributed by atoms with van der Waals surface area (Å²) in [6, 6.07) is 4.70. The molecule has 3 aliphatic rings. The van der Waals surface area contributed by atoms with Crippen molar-refractivity contribution in [3.05, 3.63) is 28.8 Å². The molecular weight excluding hydrogens is 396 g/mol. The number of rotatable bonds is 3. The molecule has 0 spiro atoms. The summed E-state index contributed by atoms with van der Waals surface area (Å²) >= 11 is 6.25. The molecule has 0 N–H and O–H groups in total. The molecule has 2 atom stereocenters. The first-order chi connectivity index (χ1) is 13.5. The number of halogens is 1. The first kappa shape index (κ1) is 20.2. The Labute approximate surface area is 173 Å². The number of likely N-dealkylation sites (tertiary alicyclic amines) is 1. The van der Waals surface area contributed by atoms with Crippen LogP contribution in [0.15, 0.2) is 23.1 Å². The Morgan fingerprint density at radius 3 is 2.39 bits per heavy atom. The molecule has 28 heavy (non-hydrogen) atoms. The smallest absolute Gasteiger partial charge is 0.253 e. The van der Waals surface area contributed by atoms with Gasteiger partial charge in [-0.1, -0.05) is 37.3 Å². The van der Waals surface area contributed by atoms with E-state index in [0.717, 1.165) is 44.7 Å². The standard InChI is InChI=1S/C21H29ClN2O3S/c22-19-9-8-17(14-20(19)28(26,27)24-11-4-1-5-12-24)21(25)23-13-10-16-6-2-3-7-18(16)15-23/h8-9,14,16,18H,1-7,10-13,15H2/t16-,18-/m0/s1. The Morgan fingerprint density at radius 1 is 0.929 bits per heavy atom. The van der Waals surface area contributed by atoms with Crippen molar-refractivity contribution in [3.63, 3.8) is 0 Å². The molecule has 5 nitrogen and oxygen atoms in total. The first-order valence-electron chi connectivity index (χ1n) is 10.6. The number of nitrogens with zero attached hydrogens (tertiary/aromatic N) is 2. The third kappa shape index (κ3) is 3.96. The molecular formula is C21H29ClN2O3S. The number of benzene rings is 1. The molecule has 3 fully saturated rings. The van der Waals surface area contributed by atoms with Crippen LogP contribution >= 0.6 is 11.6 Å².